The molecule has 0 aliphatic carbocycles. The van der Waals surface area contributed by atoms with E-state index in [9.17, 15) is 9.90 Å². The average molecular weight is 318 g/mol. The molecule has 1 aromatic carbocycles. The molecule has 2 N–H and O–H groups in total. The summed E-state index contributed by atoms with van der Waals surface area (Å²) >= 11 is 12.8. The van der Waals surface area contributed by atoms with Crippen molar-refractivity contribution >= 4 is 40.6 Å². The van der Waals surface area contributed by atoms with Crippen LogP contribution in [0.2, 0.25) is 10.0 Å². The van der Waals surface area contributed by atoms with E-state index in [0.717, 1.165) is 11.5 Å². The zero-order valence-electron chi connectivity index (χ0n) is 9.51. The van der Waals surface area contributed by atoms with Crippen molar-refractivity contribution in [3.8, 4) is 0 Å². The van der Waals surface area contributed by atoms with Gasteiger partial charge in [-0.15, -0.1) is 5.10 Å². The van der Waals surface area contributed by atoms with Crippen LogP contribution in [0.5, 0.6) is 0 Å². The third-order valence-electron chi connectivity index (χ3n) is 2.37. The molecule has 0 saturated heterocycles. The fourth-order valence-corrected chi connectivity index (χ4v) is 2.40. The van der Waals surface area contributed by atoms with E-state index < -0.39 is 12.0 Å². The highest BCUT2D eigenvalue weighted by molar-refractivity contribution is 7.03. The van der Waals surface area contributed by atoms with E-state index in [2.05, 4.69) is 14.9 Å². The first kappa shape index (κ1) is 14.2. The van der Waals surface area contributed by atoms with Crippen molar-refractivity contribution < 1.29 is 9.90 Å². The number of halogens is 2. The molecule has 0 aliphatic rings. The largest absolute Gasteiger partial charge is 0.387 e. The Kier molecular flexibility index (Phi) is 4.71. The van der Waals surface area contributed by atoms with Crippen molar-refractivity contribution in [1.82, 2.24) is 14.9 Å². The monoisotopic (exact) mass is 317 g/mol. The lowest BCUT2D eigenvalue weighted by Gasteiger charge is -2.13. The van der Waals surface area contributed by atoms with Gasteiger partial charge in [-0.25, -0.2) is 0 Å². The Bertz CT molecular complexity index is 577. The highest BCUT2D eigenvalue weighted by Crippen LogP contribution is 2.25. The van der Waals surface area contributed by atoms with Crippen LogP contribution < -0.4 is 5.32 Å². The van der Waals surface area contributed by atoms with Gasteiger partial charge in [0.25, 0.3) is 5.91 Å². The van der Waals surface area contributed by atoms with Gasteiger partial charge in [-0.1, -0.05) is 33.8 Å². The molecule has 0 unspecified atom stereocenters. The standard InChI is InChI=1S/C11H9Cl2N3O2S/c12-6-1-2-7(8(13)3-6)10(17)4-14-11(18)9-5-19-16-15-9/h1-3,5,10,17H,4H2,(H,14,18)/t10-/m1/s1. The molecule has 19 heavy (non-hydrogen) atoms. The van der Waals surface area contributed by atoms with Crippen molar-refractivity contribution in [3.63, 3.8) is 0 Å². The molecule has 2 aromatic rings. The van der Waals surface area contributed by atoms with E-state index in [1.807, 2.05) is 0 Å². The van der Waals surface area contributed by atoms with Gasteiger partial charge in [0, 0.05) is 27.5 Å². The Morgan fingerprint density at radius 2 is 2.26 bits per heavy atom. The van der Waals surface area contributed by atoms with Crippen LogP contribution in [0.4, 0.5) is 0 Å². The summed E-state index contributed by atoms with van der Waals surface area (Å²) in [6.07, 6.45) is -0.916. The Balaban J connectivity index is 1.98. The molecule has 1 atom stereocenters. The first-order chi connectivity index (χ1) is 9.08. The van der Waals surface area contributed by atoms with Crippen LogP contribution in [0.1, 0.15) is 22.2 Å². The number of nitrogens with one attached hydrogen (secondary N) is 1. The number of hydrogen-bond donors (Lipinski definition) is 2. The van der Waals surface area contributed by atoms with E-state index >= 15 is 0 Å². The Morgan fingerprint density at radius 3 is 2.89 bits per heavy atom. The SMILES string of the molecule is O=C(NC[C@@H](O)c1ccc(Cl)cc1Cl)c1csnn1. The number of carbonyl (C=O) groups is 1. The molecule has 0 saturated carbocycles. The van der Waals surface area contributed by atoms with Gasteiger partial charge in [-0.3, -0.25) is 4.79 Å². The second kappa shape index (κ2) is 6.29. The average Bonchev–Trinajstić information content (AvgIpc) is 2.89. The topological polar surface area (TPSA) is 75.1 Å². The van der Waals surface area contributed by atoms with Crippen molar-refractivity contribution in [3.05, 3.63) is 44.9 Å². The van der Waals surface area contributed by atoms with Crippen molar-refractivity contribution in [2.45, 2.75) is 6.10 Å². The Labute approximate surface area is 123 Å². The second-order valence-corrected chi connectivity index (χ2v) is 5.14. The van der Waals surface area contributed by atoms with Crippen LogP contribution in [-0.4, -0.2) is 27.1 Å². The number of aromatic nitrogens is 2. The van der Waals surface area contributed by atoms with Gasteiger partial charge in [0.05, 0.1) is 6.10 Å². The molecule has 0 aliphatic heterocycles. The lowest BCUT2D eigenvalue weighted by Crippen LogP contribution is -2.28. The van der Waals surface area contributed by atoms with Crippen LogP contribution in [-0.2, 0) is 0 Å². The predicted molar refractivity (Wildman–Crippen MR) is 73.7 cm³/mol. The molecule has 2 rings (SSSR count). The summed E-state index contributed by atoms with van der Waals surface area (Å²) in [5.41, 5.74) is 0.724. The zero-order chi connectivity index (χ0) is 13.8. The van der Waals surface area contributed by atoms with Gasteiger partial charge in [0.2, 0.25) is 0 Å². The van der Waals surface area contributed by atoms with Gasteiger partial charge >= 0.3 is 0 Å². The molecule has 1 amide bonds. The summed E-state index contributed by atoms with van der Waals surface area (Å²) < 4.78 is 3.58. The van der Waals surface area contributed by atoms with Crippen LogP contribution in [0, 0.1) is 0 Å². The maximum atomic E-state index is 11.6. The lowest BCUT2D eigenvalue weighted by atomic mass is 10.1. The fraction of sp³-hybridized carbons (Fsp3) is 0.182. The normalized spacial score (nSPS) is 12.2. The minimum Gasteiger partial charge on any atom is -0.387 e. The molecular formula is C11H9Cl2N3O2S. The fourth-order valence-electron chi connectivity index (χ4n) is 1.43. The minimum absolute atomic E-state index is 0.0255. The number of aliphatic hydroxyl groups is 1. The highest BCUT2D eigenvalue weighted by atomic mass is 35.5. The number of amides is 1. The van der Waals surface area contributed by atoms with Crippen LogP contribution >= 0.6 is 34.7 Å². The smallest absolute Gasteiger partial charge is 0.272 e. The maximum Gasteiger partial charge on any atom is 0.272 e. The molecule has 0 radical (unpaired) electrons. The lowest BCUT2D eigenvalue weighted by molar-refractivity contribution is 0.0911. The number of hydrogen-bond acceptors (Lipinski definition) is 5. The van der Waals surface area contributed by atoms with Crippen LogP contribution in [0.25, 0.3) is 0 Å². The van der Waals surface area contributed by atoms with Gasteiger partial charge in [-0.05, 0) is 23.7 Å². The summed E-state index contributed by atoms with van der Waals surface area (Å²) in [5.74, 6) is -0.391. The Morgan fingerprint density at radius 1 is 1.47 bits per heavy atom. The second-order valence-electron chi connectivity index (χ2n) is 3.68. The first-order valence-electron chi connectivity index (χ1n) is 5.26. The summed E-state index contributed by atoms with van der Waals surface area (Å²) in [4.78, 5) is 11.6. The number of carbonyl (C=O) groups excluding carboxylic acids is 1. The summed E-state index contributed by atoms with van der Waals surface area (Å²) in [6, 6.07) is 4.78. The molecule has 0 spiro atoms. The van der Waals surface area contributed by atoms with E-state index in [1.54, 1.807) is 12.1 Å². The third kappa shape index (κ3) is 3.63. The van der Waals surface area contributed by atoms with E-state index in [-0.39, 0.29) is 12.2 Å². The molecule has 8 heteroatoms. The highest BCUT2D eigenvalue weighted by Gasteiger charge is 2.15. The zero-order valence-corrected chi connectivity index (χ0v) is 11.8. The van der Waals surface area contributed by atoms with E-state index in [1.165, 1.54) is 11.4 Å². The predicted octanol–water partition coefficient (Wildman–Crippen LogP) is 2.31. The molecule has 1 aromatic heterocycles. The summed E-state index contributed by atoms with van der Waals surface area (Å²) in [7, 11) is 0. The number of nitrogens with zero attached hydrogens (tertiary/aromatic N) is 2. The van der Waals surface area contributed by atoms with Gasteiger partial charge in [0.15, 0.2) is 5.69 Å². The van der Waals surface area contributed by atoms with Crippen LogP contribution in [0.3, 0.4) is 0 Å². The Hall–Kier alpha value is -1.21. The quantitative estimate of drug-likeness (QED) is 0.907. The third-order valence-corrected chi connectivity index (χ3v) is 3.44. The van der Waals surface area contributed by atoms with Crippen molar-refractivity contribution in [1.29, 1.82) is 0 Å². The molecule has 100 valence electrons. The minimum atomic E-state index is -0.916. The van der Waals surface area contributed by atoms with Gasteiger partial charge < -0.3 is 10.4 Å². The number of benzene rings is 1. The molecule has 0 fully saturated rings. The van der Waals surface area contributed by atoms with Gasteiger partial charge in [0.1, 0.15) is 0 Å². The van der Waals surface area contributed by atoms with E-state index in [0.29, 0.717) is 15.6 Å². The van der Waals surface area contributed by atoms with E-state index in [4.69, 9.17) is 23.2 Å². The summed E-state index contributed by atoms with van der Waals surface area (Å²) in [5, 5.41) is 18.5. The number of aliphatic hydroxyl groups excluding tert-OH is 1. The van der Waals surface area contributed by atoms with Crippen molar-refractivity contribution in [2.75, 3.05) is 6.54 Å². The molecule has 0 bridgehead atoms. The molecule has 5 nitrogen and oxygen atoms in total. The molecular weight excluding hydrogens is 309 g/mol. The summed E-state index contributed by atoms with van der Waals surface area (Å²) in [6.45, 7) is 0.0255. The molecule has 1 heterocycles. The maximum absolute atomic E-state index is 11.6. The first-order valence-corrected chi connectivity index (χ1v) is 6.85. The van der Waals surface area contributed by atoms with Crippen molar-refractivity contribution in [2.24, 2.45) is 0 Å². The van der Waals surface area contributed by atoms with Gasteiger partial charge in [-0.2, -0.15) is 0 Å². The number of rotatable bonds is 4. The van der Waals surface area contributed by atoms with Crippen LogP contribution in [0.15, 0.2) is 23.6 Å².